The van der Waals surface area contributed by atoms with Crippen LogP contribution in [0.2, 0.25) is 0 Å². The Morgan fingerprint density at radius 3 is 2.45 bits per heavy atom. The van der Waals surface area contributed by atoms with E-state index in [9.17, 15) is 9.59 Å². The van der Waals surface area contributed by atoms with Crippen LogP contribution in [-0.4, -0.2) is 29.1 Å². The Balaban J connectivity index is 2.60. The predicted octanol–water partition coefficient (Wildman–Crippen LogP) is 2.86. The Bertz CT molecular complexity index is 510. The fourth-order valence-corrected chi connectivity index (χ4v) is 2.05. The number of amides is 1. The summed E-state index contributed by atoms with van der Waals surface area (Å²) in [6.07, 6.45) is 0.326. The summed E-state index contributed by atoms with van der Waals surface area (Å²) < 4.78 is 0.612. The van der Waals surface area contributed by atoms with E-state index in [1.165, 1.54) is 12.1 Å². The van der Waals surface area contributed by atoms with Crippen LogP contribution in [0.15, 0.2) is 22.7 Å². The summed E-state index contributed by atoms with van der Waals surface area (Å²) in [5.74, 6) is -1.19. The van der Waals surface area contributed by atoms with Crippen molar-refractivity contribution in [2.45, 2.75) is 32.7 Å². The smallest absolute Gasteiger partial charge is 0.335 e. The number of carbonyl (C=O) groups excluding carboxylic acids is 1. The number of anilines is 1. The van der Waals surface area contributed by atoms with Gasteiger partial charge in [-0.3, -0.25) is 4.79 Å². The molecule has 0 aliphatic carbocycles. The fraction of sp³-hybridized carbons (Fsp3) is 0.429. The van der Waals surface area contributed by atoms with Crippen molar-refractivity contribution < 1.29 is 14.7 Å². The van der Waals surface area contributed by atoms with Gasteiger partial charge in [0.05, 0.1) is 5.56 Å². The first-order chi connectivity index (χ1) is 9.17. The average Bonchev–Trinajstić information content (AvgIpc) is 2.25. The lowest BCUT2D eigenvalue weighted by atomic mass is 10.1. The summed E-state index contributed by atoms with van der Waals surface area (Å²) in [7, 11) is 0. The molecule has 0 saturated carbocycles. The minimum atomic E-state index is -1.03. The van der Waals surface area contributed by atoms with Gasteiger partial charge in [0.15, 0.2) is 0 Å². The zero-order valence-corrected chi connectivity index (χ0v) is 13.4. The van der Waals surface area contributed by atoms with Crippen molar-refractivity contribution in [3.05, 3.63) is 28.2 Å². The molecule has 0 spiro atoms. The van der Waals surface area contributed by atoms with E-state index in [0.29, 0.717) is 23.1 Å². The number of halogens is 1. The van der Waals surface area contributed by atoms with Gasteiger partial charge < -0.3 is 15.7 Å². The zero-order chi connectivity index (χ0) is 15.3. The second kappa shape index (κ2) is 6.85. The number of benzene rings is 1. The topological polar surface area (TPSA) is 78.4 Å². The molecule has 0 unspecified atom stereocenters. The van der Waals surface area contributed by atoms with Gasteiger partial charge in [-0.25, -0.2) is 4.79 Å². The summed E-state index contributed by atoms with van der Waals surface area (Å²) in [5, 5.41) is 14.9. The minimum Gasteiger partial charge on any atom is -0.478 e. The van der Waals surface area contributed by atoms with Gasteiger partial charge in [0, 0.05) is 28.7 Å². The Hall–Kier alpha value is -1.40. The van der Waals surface area contributed by atoms with Gasteiger partial charge in [-0.15, -0.1) is 0 Å². The van der Waals surface area contributed by atoms with E-state index in [-0.39, 0.29) is 17.0 Å². The molecule has 0 radical (unpaired) electrons. The van der Waals surface area contributed by atoms with Gasteiger partial charge in [-0.1, -0.05) is 15.9 Å². The van der Waals surface area contributed by atoms with Crippen molar-refractivity contribution >= 4 is 33.5 Å². The monoisotopic (exact) mass is 342 g/mol. The van der Waals surface area contributed by atoms with Crippen LogP contribution in [-0.2, 0) is 4.79 Å². The number of hydrogen-bond donors (Lipinski definition) is 3. The summed E-state index contributed by atoms with van der Waals surface area (Å²) in [5.41, 5.74) is 0.562. The summed E-state index contributed by atoms with van der Waals surface area (Å²) in [6, 6.07) is 4.59. The first-order valence-electron chi connectivity index (χ1n) is 6.26. The number of carboxylic acids is 1. The molecule has 5 nitrogen and oxygen atoms in total. The van der Waals surface area contributed by atoms with Gasteiger partial charge in [-0.2, -0.15) is 0 Å². The van der Waals surface area contributed by atoms with Gasteiger partial charge >= 0.3 is 5.97 Å². The highest BCUT2D eigenvalue weighted by Crippen LogP contribution is 2.19. The first-order valence-corrected chi connectivity index (χ1v) is 7.05. The van der Waals surface area contributed by atoms with Crippen molar-refractivity contribution in [3.63, 3.8) is 0 Å². The fourth-order valence-electron chi connectivity index (χ4n) is 1.56. The van der Waals surface area contributed by atoms with Gasteiger partial charge in [0.2, 0.25) is 5.91 Å². The van der Waals surface area contributed by atoms with E-state index in [4.69, 9.17) is 5.11 Å². The number of rotatable bonds is 5. The number of carboxylic acid groups (broad SMARTS) is 1. The zero-order valence-electron chi connectivity index (χ0n) is 11.8. The molecule has 1 aromatic carbocycles. The molecule has 3 N–H and O–H groups in total. The molecule has 0 fully saturated rings. The van der Waals surface area contributed by atoms with Crippen LogP contribution in [0.1, 0.15) is 37.6 Å². The highest BCUT2D eigenvalue weighted by Gasteiger charge is 2.11. The molecule has 0 aliphatic heterocycles. The Kier molecular flexibility index (Phi) is 5.71. The average molecular weight is 343 g/mol. The SMILES string of the molecule is CC(C)(C)NCCC(=O)Nc1cc(Br)cc(C(=O)O)c1. The van der Waals surface area contributed by atoms with Crippen molar-refractivity contribution in [2.75, 3.05) is 11.9 Å². The predicted molar refractivity (Wildman–Crippen MR) is 82.1 cm³/mol. The van der Waals surface area contributed by atoms with Crippen LogP contribution in [0, 0.1) is 0 Å². The van der Waals surface area contributed by atoms with E-state index in [1.54, 1.807) is 6.07 Å². The largest absolute Gasteiger partial charge is 0.478 e. The first kappa shape index (κ1) is 16.7. The second-order valence-electron chi connectivity index (χ2n) is 5.51. The lowest BCUT2D eigenvalue weighted by Gasteiger charge is -2.20. The standard InChI is InChI=1S/C14H19BrN2O3/c1-14(2,3)16-5-4-12(18)17-11-7-9(13(19)20)6-10(15)8-11/h6-8,16H,4-5H2,1-3H3,(H,17,18)(H,19,20). The third-order valence-corrected chi connectivity index (χ3v) is 2.89. The van der Waals surface area contributed by atoms with E-state index in [0.717, 1.165) is 0 Å². The third-order valence-electron chi connectivity index (χ3n) is 2.44. The minimum absolute atomic E-state index is 0.0352. The number of hydrogen-bond acceptors (Lipinski definition) is 3. The Morgan fingerprint density at radius 2 is 1.90 bits per heavy atom. The van der Waals surface area contributed by atoms with E-state index in [1.807, 2.05) is 20.8 Å². The molecule has 1 rings (SSSR count). The number of nitrogens with one attached hydrogen (secondary N) is 2. The van der Waals surface area contributed by atoms with Crippen LogP contribution in [0.4, 0.5) is 5.69 Å². The van der Waals surface area contributed by atoms with E-state index in [2.05, 4.69) is 26.6 Å². The molecule has 6 heteroatoms. The molecule has 20 heavy (non-hydrogen) atoms. The van der Waals surface area contributed by atoms with Crippen LogP contribution in [0.3, 0.4) is 0 Å². The summed E-state index contributed by atoms with van der Waals surface area (Å²) in [4.78, 5) is 22.7. The van der Waals surface area contributed by atoms with Gasteiger partial charge in [-0.05, 0) is 39.0 Å². The van der Waals surface area contributed by atoms with E-state index >= 15 is 0 Å². The lowest BCUT2D eigenvalue weighted by Crippen LogP contribution is -2.37. The highest BCUT2D eigenvalue weighted by atomic mass is 79.9. The van der Waals surface area contributed by atoms with Crippen LogP contribution in [0.5, 0.6) is 0 Å². The normalized spacial score (nSPS) is 11.2. The maximum atomic E-state index is 11.8. The molecule has 1 aromatic rings. The molecule has 0 aliphatic rings. The van der Waals surface area contributed by atoms with Crippen LogP contribution < -0.4 is 10.6 Å². The molecule has 110 valence electrons. The number of aromatic carboxylic acids is 1. The quantitative estimate of drug-likeness (QED) is 0.768. The molecule has 0 atom stereocenters. The molecule has 1 amide bonds. The maximum Gasteiger partial charge on any atom is 0.335 e. The van der Waals surface area contributed by atoms with E-state index < -0.39 is 5.97 Å². The Morgan fingerprint density at radius 1 is 1.25 bits per heavy atom. The highest BCUT2D eigenvalue weighted by molar-refractivity contribution is 9.10. The number of carbonyl (C=O) groups is 2. The molecule has 0 bridgehead atoms. The van der Waals surface area contributed by atoms with Crippen molar-refractivity contribution in [1.29, 1.82) is 0 Å². The summed E-state index contributed by atoms with van der Waals surface area (Å²) in [6.45, 7) is 6.64. The molecule has 0 heterocycles. The maximum absolute atomic E-state index is 11.8. The molecule has 0 aromatic heterocycles. The van der Waals surface area contributed by atoms with Gasteiger partial charge in [0.1, 0.15) is 0 Å². The van der Waals surface area contributed by atoms with Gasteiger partial charge in [0.25, 0.3) is 0 Å². The third kappa shape index (κ3) is 6.16. The summed E-state index contributed by atoms with van der Waals surface area (Å²) >= 11 is 3.22. The lowest BCUT2D eigenvalue weighted by molar-refractivity contribution is -0.116. The molecule has 0 saturated heterocycles. The van der Waals surface area contributed by atoms with Crippen molar-refractivity contribution in [1.82, 2.24) is 5.32 Å². The van der Waals surface area contributed by atoms with Crippen LogP contribution in [0.25, 0.3) is 0 Å². The Labute approximate surface area is 126 Å². The molecular formula is C14H19BrN2O3. The second-order valence-corrected chi connectivity index (χ2v) is 6.42. The van der Waals surface area contributed by atoms with Crippen molar-refractivity contribution in [3.8, 4) is 0 Å². The van der Waals surface area contributed by atoms with Crippen molar-refractivity contribution in [2.24, 2.45) is 0 Å². The molecular weight excluding hydrogens is 324 g/mol. The van der Waals surface area contributed by atoms with Crippen LogP contribution >= 0.6 is 15.9 Å².